The van der Waals surface area contributed by atoms with E-state index in [0.717, 1.165) is 5.56 Å². The summed E-state index contributed by atoms with van der Waals surface area (Å²) in [7, 11) is 0. The van der Waals surface area contributed by atoms with E-state index in [1.807, 2.05) is 50.2 Å². The van der Waals surface area contributed by atoms with Crippen LogP contribution in [0.2, 0.25) is 0 Å². The van der Waals surface area contributed by atoms with E-state index in [-0.39, 0.29) is 13.1 Å². The summed E-state index contributed by atoms with van der Waals surface area (Å²) in [6.45, 7) is 6.33. The molecule has 0 aliphatic rings. The van der Waals surface area contributed by atoms with Crippen LogP contribution in [-0.4, -0.2) is 31.4 Å². The molecule has 0 radical (unpaired) electrons. The monoisotopic (exact) mass is 475 g/mol. The number of aryl methyl sites for hydroxylation is 3. The van der Waals surface area contributed by atoms with E-state index < -0.39 is 17.2 Å². The molecule has 4 aromatic rings. The fourth-order valence-corrected chi connectivity index (χ4v) is 4.21. The van der Waals surface area contributed by atoms with Crippen molar-refractivity contribution >= 4 is 22.6 Å². The van der Waals surface area contributed by atoms with Crippen molar-refractivity contribution in [2.24, 2.45) is 0 Å². The number of hydrogen-bond acceptors (Lipinski definition) is 5. The van der Waals surface area contributed by atoms with Crippen LogP contribution in [0.25, 0.3) is 11.0 Å². The number of hydrogen-bond donors (Lipinski definition) is 1. The minimum absolute atomic E-state index is 0.195. The van der Waals surface area contributed by atoms with Crippen molar-refractivity contribution in [3.8, 4) is 5.75 Å². The van der Waals surface area contributed by atoms with Gasteiger partial charge in [-0.2, -0.15) is 5.10 Å². The molecule has 0 fully saturated rings. The summed E-state index contributed by atoms with van der Waals surface area (Å²) in [6, 6.07) is 16.8. The molecule has 9 heteroatoms. The van der Waals surface area contributed by atoms with Gasteiger partial charge in [0.15, 0.2) is 5.52 Å². The first-order valence-electron chi connectivity index (χ1n) is 11.7. The zero-order valence-corrected chi connectivity index (χ0v) is 20.2. The molecule has 1 N–H and O–H groups in total. The topological polar surface area (TPSA) is 100 Å². The standard InChI is InChI=1S/C26H29N5O4/c1-4-31-24-23(18(3)28-31)30(17-22(32)27-20-13-9-10-14-21(20)35-5-2)26(34)29(25(24)33)16-15-19-11-7-6-8-12-19/h6-14H,4-5,15-17H2,1-3H3,(H,27,32). The number of carbonyl (C=O) groups is 1. The third-order valence-electron chi connectivity index (χ3n) is 5.80. The molecule has 1 amide bonds. The van der Waals surface area contributed by atoms with Gasteiger partial charge in [0.05, 0.1) is 18.0 Å². The maximum absolute atomic E-state index is 13.5. The molecule has 4 rings (SSSR count). The molecule has 0 spiro atoms. The molecule has 0 aliphatic carbocycles. The van der Waals surface area contributed by atoms with Crippen molar-refractivity contribution < 1.29 is 9.53 Å². The van der Waals surface area contributed by atoms with Gasteiger partial charge < -0.3 is 10.1 Å². The summed E-state index contributed by atoms with van der Waals surface area (Å²) in [5, 5.41) is 7.28. The largest absolute Gasteiger partial charge is 0.492 e. The van der Waals surface area contributed by atoms with E-state index in [1.54, 1.807) is 29.8 Å². The van der Waals surface area contributed by atoms with Crippen molar-refractivity contribution in [1.29, 1.82) is 0 Å². The average Bonchev–Trinajstić information content (AvgIpc) is 3.20. The van der Waals surface area contributed by atoms with Crippen molar-refractivity contribution in [3.63, 3.8) is 0 Å². The van der Waals surface area contributed by atoms with Gasteiger partial charge in [0.2, 0.25) is 5.91 Å². The number of benzene rings is 2. The second-order valence-electron chi connectivity index (χ2n) is 8.14. The summed E-state index contributed by atoms with van der Waals surface area (Å²) < 4.78 is 9.71. The summed E-state index contributed by atoms with van der Waals surface area (Å²) in [6.07, 6.45) is 0.509. The predicted octanol–water partition coefficient (Wildman–Crippen LogP) is 2.97. The Morgan fingerprint density at radius 3 is 2.40 bits per heavy atom. The van der Waals surface area contributed by atoms with E-state index in [9.17, 15) is 14.4 Å². The highest BCUT2D eigenvalue weighted by molar-refractivity contribution is 5.93. The number of nitrogens with zero attached hydrogens (tertiary/aromatic N) is 4. The molecule has 35 heavy (non-hydrogen) atoms. The molecule has 9 nitrogen and oxygen atoms in total. The summed E-state index contributed by atoms with van der Waals surface area (Å²) >= 11 is 0. The Bertz CT molecular complexity index is 1470. The fraction of sp³-hybridized carbons (Fsp3) is 0.308. The highest BCUT2D eigenvalue weighted by Gasteiger charge is 2.22. The van der Waals surface area contributed by atoms with Crippen LogP contribution in [0.4, 0.5) is 5.69 Å². The van der Waals surface area contributed by atoms with Gasteiger partial charge in [-0.15, -0.1) is 0 Å². The summed E-state index contributed by atoms with van der Waals surface area (Å²) in [5.41, 5.74) is 1.81. The first-order chi connectivity index (χ1) is 16.9. The van der Waals surface area contributed by atoms with E-state index >= 15 is 0 Å². The maximum Gasteiger partial charge on any atom is 0.332 e. The number of fused-ring (bicyclic) bond motifs is 1. The van der Waals surface area contributed by atoms with E-state index in [4.69, 9.17) is 4.74 Å². The minimum atomic E-state index is -0.537. The van der Waals surface area contributed by atoms with Gasteiger partial charge in [-0.05, 0) is 44.9 Å². The van der Waals surface area contributed by atoms with Gasteiger partial charge in [-0.25, -0.2) is 4.79 Å². The smallest absolute Gasteiger partial charge is 0.332 e. The molecule has 2 aromatic heterocycles. The third kappa shape index (κ3) is 4.89. The number of aromatic nitrogens is 4. The molecule has 0 atom stereocenters. The zero-order valence-electron chi connectivity index (χ0n) is 20.2. The quantitative estimate of drug-likeness (QED) is 0.401. The number of amides is 1. The zero-order chi connectivity index (χ0) is 24.9. The average molecular weight is 476 g/mol. The van der Waals surface area contributed by atoms with Gasteiger partial charge in [-0.3, -0.25) is 23.4 Å². The van der Waals surface area contributed by atoms with Crippen molar-refractivity contribution in [1.82, 2.24) is 18.9 Å². The Labute approximate surface area is 202 Å². The van der Waals surface area contributed by atoms with Gasteiger partial charge in [0, 0.05) is 13.1 Å². The highest BCUT2D eigenvalue weighted by Crippen LogP contribution is 2.23. The summed E-state index contributed by atoms with van der Waals surface area (Å²) in [5.74, 6) is 0.140. The van der Waals surface area contributed by atoms with Gasteiger partial charge in [0.1, 0.15) is 17.8 Å². The van der Waals surface area contributed by atoms with Crippen LogP contribution in [-0.2, 0) is 30.8 Å². The van der Waals surface area contributed by atoms with Crippen LogP contribution >= 0.6 is 0 Å². The lowest BCUT2D eigenvalue weighted by atomic mass is 10.1. The van der Waals surface area contributed by atoms with Crippen LogP contribution in [0.15, 0.2) is 64.2 Å². The second-order valence-corrected chi connectivity index (χ2v) is 8.14. The van der Waals surface area contributed by atoms with Crippen molar-refractivity contribution in [2.75, 3.05) is 11.9 Å². The highest BCUT2D eigenvalue weighted by atomic mass is 16.5. The summed E-state index contributed by atoms with van der Waals surface area (Å²) in [4.78, 5) is 40.0. The molecule has 0 unspecified atom stereocenters. The molecule has 0 saturated heterocycles. The van der Waals surface area contributed by atoms with Crippen LogP contribution in [0, 0.1) is 6.92 Å². The van der Waals surface area contributed by atoms with Crippen LogP contribution in [0.5, 0.6) is 5.75 Å². The van der Waals surface area contributed by atoms with Crippen LogP contribution in [0.3, 0.4) is 0 Å². The number of para-hydroxylation sites is 2. The molecule has 0 bridgehead atoms. The lowest BCUT2D eigenvalue weighted by Crippen LogP contribution is -2.42. The third-order valence-corrected chi connectivity index (χ3v) is 5.80. The molecule has 182 valence electrons. The van der Waals surface area contributed by atoms with Crippen molar-refractivity contribution in [2.45, 2.75) is 46.8 Å². The minimum Gasteiger partial charge on any atom is -0.492 e. The lowest BCUT2D eigenvalue weighted by Gasteiger charge is -2.14. The van der Waals surface area contributed by atoms with Gasteiger partial charge >= 0.3 is 5.69 Å². The fourth-order valence-electron chi connectivity index (χ4n) is 4.21. The number of carbonyl (C=O) groups excluding carboxylic acids is 1. The number of rotatable bonds is 9. The molecule has 0 aliphatic heterocycles. The molecular formula is C26H29N5O4. The Morgan fingerprint density at radius 1 is 0.971 bits per heavy atom. The SMILES string of the molecule is CCOc1ccccc1NC(=O)Cn1c(=O)n(CCc2ccccc2)c(=O)c2c1c(C)nn2CC. The first-order valence-corrected chi connectivity index (χ1v) is 11.7. The Kier molecular flexibility index (Phi) is 7.14. The van der Waals surface area contributed by atoms with Crippen molar-refractivity contribution in [3.05, 3.63) is 86.7 Å². The normalized spacial score (nSPS) is 11.1. The molecule has 2 aromatic carbocycles. The van der Waals surface area contributed by atoms with E-state index in [2.05, 4.69) is 10.4 Å². The Morgan fingerprint density at radius 2 is 1.69 bits per heavy atom. The number of ether oxygens (including phenoxy) is 1. The van der Waals surface area contributed by atoms with E-state index in [1.165, 1.54) is 9.13 Å². The molecular weight excluding hydrogens is 446 g/mol. The van der Waals surface area contributed by atoms with Gasteiger partial charge in [0.25, 0.3) is 5.56 Å². The molecule has 2 heterocycles. The Balaban J connectivity index is 1.75. The van der Waals surface area contributed by atoms with Gasteiger partial charge in [-0.1, -0.05) is 42.5 Å². The van der Waals surface area contributed by atoms with Crippen LogP contribution < -0.4 is 21.3 Å². The predicted molar refractivity (Wildman–Crippen MR) is 135 cm³/mol. The van der Waals surface area contributed by atoms with E-state index in [0.29, 0.717) is 47.7 Å². The molecule has 0 saturated carbocycles. The first kappa shape index (κ1) is 24.0. The number of anilines is 1. The Hall–Kier alpha value is -4.14. The lowest BCUT2D eigenvalue weighted by molar-refractivity contribution is -0.116. The second kappa shape index (κ2) is 10.4. The number of nitrogens with one attached hydrogen (secondary N) is 1. The maximum atomic E-state index is 13.5. The van der Waals surface area contributed by atoms with Crippen LogP contribution in [0.1, 0.15) is 25.1 Å².